The predicted octanol–water partition coefficient (Wildman–Crippen LogP) is 3.17. The summed E-state index contributed by atoms with van der Waals surface area (Å²) >= 11 is 0. The van der Waals surface area contributed by atoms with Crippen molar-refractivity contribution in [2.24, 2.45) is 5.16 Å². The van der Waals surface area contributed by atoms with Gasteiger partial charge in [-0.1, -0.05) is 65.8 Å². The Bertz CT molecular complexity index is 701. The summed E-state index contributed by atoms with van der Waals surface area (Å²) in [5.74, 6) is 0.872. The van der Waals surface area contributed by atoms with Gasteiger partial charge in [0.2, 0.25) is 0 Å². The zero-order valence-electron chi connectivity index (χ0n) is 12.8. The van der Waals surface area contributed by atoms with Crippen LogP contribution in [-0.2, 0) is 10.6 Å². The molecule has 0 saturated carbocycles. The molecule has 4 heteroatoms. The first kappa shape index (κ1) is 13.3. The van der Waals surface area contributed by atoms with Crippen LogP contribution in [-0.4, -0.2) is 28.9 Å². The van der Waals surface area contributed by atoms with Gasteiger partial charge in [0, 0.05) is 30.6 Å². The zero-order valence-corrected chi connectivity index (χ0v) is 12.8. The van der Waals surface area contributed by atoms with Gasteiger partial charge in [-0.25, -0.2) is 10.0 Å². The minimum atomic E-state index is -0.527. The van der Waals surface area contributed by atoms with Crippen LogP contribution in [0.25, 0.3) is 0 Å². The Morgan fingerprint density at radius 1 is 1.05 bits per heavy atom. The lowest BCUT2D eigenvalue weighted by Gasteiger charge is -2.34. The third-order valence-electron chi connectivity index (χ3n) is 4.61. The minimum Gasteiger partial charge on any atom is -0.358 e. The largest absolute Gasteiger partial charge is 0.358 e. The summed E-state index contributed by atoms with van der Waals surface area (Å²) in [7, 11) is 2.10. The van der Waals surface area contributed by atoms with Crippen LogP contribution < -0.4 is 0 Å². The van der Waals surface area contributed by atoms with Gasteiger partial charge < -0.3 is 4.84 Å². The molecule has 22 heavy (non-hydrogen) atoms. The van der Waals surface area contributed by atoms with Crippen LogP contribution in [0.2, 0.25) is 0 Å². The van der Waals surface area contributed by atoms with Crippen molar-refractivity contribution in [3.63, 3.8) is 0 Å². The Labute approximate surface area is 130 Å². The van der Waals surface area contributed by atoms with E-state index in [0.29, 0.717) is 6.04 Å². The van der Waals surface area contributed by atoms with E-state index < -0.39 is 5.72 Å². The molecule has 2 aromatic rings. The molecule has 0 N–H and O–H groups in total. The smallest absolute Gasteiger partial charge is 0.252 e. The zero-order chi connectivity index (χ0) is 15.2. The number of oxime groups is 1. The van der Waals surface area contributed by atoms with Gasteiger partial charge >= 0.3 is 0 Å². The van der Waals surface area contributed by atoms with E-state index in [2.05, 4.69) is 65.5 Å². The van der Waals surface area contributed by atoms with Gasteiger partial charge in [-0.05, 0) is 6.92 Å². The molecule has 1 fully saturated rings. The molecule has 0 bridgehead atoms. The number of fused-ring (bicyclic) bond motifs is 1. The fraction of sp³-hybridized carbons (Fsp3) is 0.278. The molecule has 2 atom stereocenters. The van der Waals surface area contributed by atoms with E-state index >= 15 is 0 Å². The molecule has 2 aromatic carbocycles. The van der Waals surface area contributed by atoms with Gasteiger partial charge in [-0.3, -0.25) is 0 Å². The number of hydrogen-bond acceptors (Lipinski definition) is 4. The number of hydrazine groups is 1. The molecule has 0 aliphatic carbocycles. The fourth-order valence-corrected chi connectivity index (χ4v) is 3.38. The van der Waals surface area contributed by atoms with Gasteiger partial charge in [0.15, 0.2) is 5.84 Å². The molecule has 0 aromatic heterocycles. The van der Waals surface area contributed by atoms with Crippen molar-refractivity contribution in [1.82, 2.24) is 10.0 Å². The van der Waals surface area contributed by atoms with E-state index in [1.165, 1.54) is 0 Å². The summed E-state index contributed by atoms with van der Waals surface area (Å²) in [6.45, 7) is 2.22. The Morgan fingerprint density at radius 3 is 2.36 bits per heavy atom. The molecule has 2 aliphatic heterocycles. The van der Waals surface area contributed by atoms with E-state index in [9.17, 15) is 0 Å². The Balaban J connectivity index is 1.81. The summed E-state index contributed by atoms with van der Waals surface area (Å²) < 4.78 is 0. The Hall–Kier alpha value is -2.33. The standard InChI is InChI=1S/C18H19N3O/c1-14-13-18(16-11-7-4-8-12-16)21(20(14)2)17(19-22-18)15-9-5-3-6-10-15/h3-12,14H,13H2,1-2H3/t14-,18-/m1/s1. The molecular formula is C18H19N3O. The quantitative estimate of drug-likeness (QED) is 0.851. The van der Waals surface area contributed by atoms with Gasteiger partial charge in [0.25, 0.3) is 5.72 Å². The SMILES string of the molecule is C[C@@H]1C[C@]2(c3ccccc3)ON=C(c3ccccc3)N2N1C. The average molecular weight is 293 g/mol. The average Bonchev–Trinajstić information content (AvgIpc) is 3.06. The number of hydrogen-bond donors (Lipinski definition) is 0. The summed E-state index contributed by atoms with van der Waals surface area (Å²) in [5, 5.41) is 8.85. The lowest BCUT2D eigenvalue weighted by atomic mass is 9.97. The highest BCUT2D eigenvalue weighted by atomic mass is 16.7. The van der Waals surface area contributed by atoms with E-state index in [4.69, 9.17) is 4.84 Å². The van der Waals surface area contributed by atoms with Gasteiger partial charge in [-0.2, -0.15) is 0 Å². The molecule has 1 saturated heterocycles. The lowest BCUT2D eigenvalue weighted by Crippen LogP contribution is -2.47. The maximum Gasteiger partial charge on any atom is 0.252 e. The van der Waals surface area contributed by atoms with Crippen LogP contribution in [0.4, 0.5) is 0 Å². The van der Waals surface area contributed by atoms with E-state index in [1.54, 1.807) is 0 Å². The van der Waals surface area contributed by atoms with Crippen LogP contribution in [0.5, 0.6) is 0 Å². The second-order valence-corrected chi connectivity index (χ2v) is 5.96. The van der Waals surface area contributed by atoms with Crippen LogP contribution in [0, 0.1) is 0 Å². The second-order valence-electron chi connectivity index (χ2n) is 5.96. The highest BCUT2D eigenvalue weighted by Crippen LogP contribution is 2.46. The normalized spacial score (nSPS) is 27.5. The fourth-order valence-electron chi connectivity index (χ4n) is 3.38. The topological polar surface area (TPSA) is 28.1 Å². The summed E-state index contributed by atoms with van der Waals surface area (Å²) in [4.78, 5) is 6.03. The molecule has 0 radical (unpaired) electrons. The Morgan fingerprint density at radius 2 is 1.68 bits per heavy atom. The van der Waals surface area contributed by atoms with Crippen molar-refractivity contribution >= 4 is 5.84 Å². The maximum atomic E-state index is 6.03. The van der Waals surface area contributed by atoms with Crippen LogP contribution in [0.1, 0.15) is 24.5 Å². The molecule has 112 valence electrons. The number of amidine groups is 1. The summed E-state index contributed by atoms with van der Waals surface area (Å²) in [5.41, 5.74) is 1.68. The number of benzene rings is 2. The van der Waals surface area contributed by atoms with E-state index in [0.717, 1.165) is 23.4 Å². The summed E-state index contributed by atoms with van der Waals surface area (Å²) in [6.07, 6.45) is 0.882. The highest BCUT2D eigenvalue weighted by molar-refractivity contribution is 5.99. The van der Waals surface area contributed by atoms with Crippen LogP contribution >= 0.6 is 0 Å². The van der Waals surface area contributed by atoms with Crippen molar-refractivity contribution in [3.8, 4) is 0 Å². The third-order valence-corrected chi connectivity index (χ3v) is 4.61. The van der Waals surface area contributed by atoms with Crippen molar-refractivity contribution in [2.75, 3.05) is 7.05 Å². The van der Waals surface area contributed by atoms with Crippen LogP contribution in [0.3, 0.4) is 0 Å². The van der Waals surface area contributed by atoms with Crippen LogP contribution in [0.15, 0.2) is 65.8 Å². The molecule has 0 spiro atoms. The Kier molecular flexibility index (Phi) is 2.94. The first-order valence-corrected chi connectivity index (χ1v) is 7.62. The number of rotatable bonds is 2. The van der Waals surface area contributed by atoms with Crippen molar-refractivity contribution in [3.05, 3.63) is 71.8 Å². The summed E-state index contributed by atoms with van der Waals surface area (Å²) in [6, 6.07) is 20.9. The molecule has 0 unspecified atom stereocenters. The minimum absolute atomic E-state index is 0.384. The van der Waals surface area contributed by atoms with E-state index in [-0.39, 0.29) is 0 Å². The van der Waals surface area contributed by atoms with Crippen molar-refractivity contribution < 1.29 is 4.84 Å². The van der Waals surface area contributed by atoms with E-state index in [1.807, 2.05) is 24.3 Å². The molecule has 4 rings (SSSR count). The monoisotopic (exact) mass is 293 g/mol. The van der Waals surface area contributed by atoms with Crippen molar-refractivity contribution in [2.45, 2.75) is 25.1 Å². The molecule has 4 nitrogen and oxygen atoms in total. The first-order chi connectivity index (χ1) is 10.7. The molecule has 2 heterocycles. The molecule has 0 amide bonds. The van der Waals surface area contributed by atoms with Gasteiger partial charge in [0.1, 0.15) is 0 Å². The highest BCUT2D eigenvalue weighted by Gasteiger charge is 2.56. The molecular weight excluding hydrogens is 274 g/mol. The second kappa shape index (κ2) is 4.85. The lowest BCUT2D eigenvalue weighted by molar-refractivity contribution is -0.127. The maximum absolute atomic E-state index is 6.03. The van der Waals surface area contributed by atoms with Crippen molar-refractivity contribution in [1.29, 1.82) is 0 Å². The predicted molar refractivity (Wildman–Crippen MR) is 85.9 cm³/mol. The van der Waals surface area contributed by atoms with Gasteiger partial charge in [0.05, 0.1) is 0 Å². The number of nitrogens with zero attached hydrogens (tertiary/aromatic N) is 3. The molecule has 2 aliphatic rings. The first-order valence-electron chi connectivity index (χ1n) is 7.62. The third kappa shape index (κ3) is 1.77. The van der Waals surface area contributed by atoms with Gasteiger partial charge in [-0.15, -0.1) is 0 Å².